The molecule has 0 spiro atoms. The molecule has 0 aromatic carbocycles. The van der Waals surface area contributed by atoms with E-state index >= 15 is 0 Å². The summed E-state index contributed by atoms with van der Waals surface area (Å²) in [5.74, 6) is 5.35. The minimum absolute atomic E-state index is 0. The van der Waals surface area contributed by atoms with Gasteiger partial charge in [0.1, 0.15) is 21.6 Å². The van der Waals surface area contributed by atoms with Crippen LogP contribution < -0.4 is 29.6 Å². The van der Waals surface area contributed by atoms with E-state index in [1.165, 1.54) is 4.57 Å². The van der Waals surface area contributed by atoms with Gasteiger partial charge >= 0.3 is 41.1 Å². The summed E-state index contributed by atoms with van der Waals surface area (Å²) in [7, 11) is 0. The Balaban J connectivity index is 0.000000231. The monoisotopic (exact) mass is 791 g/mol. The van der Waals surface area contributed by atoms with Crippen LogP contribution in [0.1, 0.15) is 13.8 Å². The Bertz CT molecular complexity index is 2210. The summed E-state index contributed by atoms with van der Waals surface area (Å²) in [4.78, 5) is 43.2. The molecule has 0 saturated heterocycles. The quantitative estimate of drug-likeness (QED) is 0.0490. The molecule has 0 amide bonds. The van der Waals surface area contributed by atoms with E-state index in [2.05, 4.69) is 34.6 Å². The van der Waals surface area contributed by atoms with Gasteiger partial charge in [0.15, 0.2) is 11.5 Å². The van der Waals surface area contributed by atoms with E-state index in [0.29, 0.717) is 35.0 Å². The van der Waals surface area contributed by atoms with Crippen LogP contribution in [0.4, 0.5) is 9.59 Å². The number of fused-ring (bicyclic) bond motifs is 4. The summed E-state index contributed by atoms with van der Waals surface area (Å²) in [5.41, 5.74) is 2.52. The van der Waals surface area contributed by atoms with Gasteiger partial charge in [0.25, 0.3) is 0 Å². The summed E-state index contributed by atoms with van der Waals surface area (Å²) < 4.78 is 11.4. The molecule has 0 atom stereocenters. The molecular weight excluding hydrogens is 760 g/mol. The Morgan fingerprint density at radius 3 is 2.02 bits per heavy atom. The number of nitrogens with one attached hydrogen (secondary N) is 3. The van der Waals surface area contributed by atoms with E-state index in [1.807, 2.05) is 54.9 Å². The maximum Gasteiger partial charge on any atom is 1.00 e. The van der Waals surface area contributed by atoms with Crippen LogP contribution >= 0.6 is 34.8 Å². The second kappa shape index (κ2) is 23.8. The van der Waals surface area contributed by atoms with Crippen LogP contribution in [0.3, 0.4) is 0 Å². The number of rotatable bonds is 2. The molecule has 0 unspecified atom stereocenters. The Kier molecular flexibility index (Phi) is 19.9. The van der Waals surface area contributed by atoms with Gasteiger partial charge in [0.2, 0.25) is 0 Å². The Labute approximate surface area is 340 Å². The molecule has 0 radical (unpaired) electrons. The molecule has 0 fully saturated rings. The molecule has 0 aliphatic carbocycles. The SMILES string of the molecule is CCOC(=O)Cl.CCOC(=O)n1ccc2ccc(Cl)nc21.Clc1ccc2cc[nH]c2n1.On1cccc2ccnc1-2.[NH-]O.[Na+].c1cnc2[nH]ccc2c1. The van der Waals surface area contributed by atoms with Crippen molar-refractivity contribution in [3.63, 3.8) is 0 Å². The summed E-state index contributed by atoms with van der Waals surface area (Å²) in [6.45, 7) is 4.13. The molecule has 2 aliphatic rings. The van der Waals surface area contributed by atoms with Crippen LogP contribution in [0.25, 0.3) is 50.4 Å². The third-order valence-electron chi connectivity index (χ3n) is 6.35. The molecule has 15 nitrogen and oxygen atoms in total. The fraction of sp³-hybridized carbons (Fsp3) is 0.118. The molecule has 6 aromatic heterocycles. The van der Waals surface area contributed by atoms with Crippen LogP contribution in [0.15, 0.2) is 110 Å². The van der Waals surface area contributed by atoms with E-state index in [0.717, 1.165) is 37.7 Å². The predicted molar refractivity (Wildman–Crippen MR) is 199 cm³/mol. The number of hydrogen-bond acceptors (Lipinski definition) is 10. The van der Waals surface area contributed by atoms with Gasteiger partial charge < -0.3 is 35.8 Å². The van der Waals surface area contributed by atoms with E-state index in [4.69, 9.17) is 55.9 Å². The first-order valence-corrected chi connectivity index (χ1v) is 16.3. The second-order valence-electron chi connectivity index (χ2n) is 9.65. The first-order valence-electron chi connectivity index (χ1n) is 15.1. The molecule has 8 heterocycles. The largest absolute Gasteiger partial charge is 1.00 e. The molecule has 8 rings (SSSR count). The number of halogens is 3. The van der Waals surface area contributed by atoms with Crippen LogP contribution in [0, 0.1) is 0 Å². The Morgan fingerprint density at radius 2 is 1.40 bits per heavy atom. The molecule has 0 saturated carbocycles. The topological polar surface area (TPSA) is 210 Å². The number of hydrogen-bond donors (Lipinski definition) is 4. The number of ether oxygens (including phenoxy) is 2. The molecule has 5 N–H and O–H groups in total. The maximum atomic E-state index is 11.5. The van der Waals surface area contributed by atoms with E-state index in [9.17, 15) is 9.59 Å². The molecule has 53 heavy (non-hydrogen) atoms. The molecular formula is C34H33Cl3N9NaO6. The number of H-pyrrole nitrogens is 2. The van der Waals surface area contributed by atoms with Crippen molar-refractivity contribution >= 4 is 79.4 Å². The average Bonchev–Trinajstić information content (AvgIpc) is 3.97. The fourth-order valence-corrected chi connectivity index (χ4v) is 4.59. The standard InChI is InChI=1S/C10H9ClN2O2.C7H5ClN2.C7H6N2O.C7H6N2.C3H5ClO2.H2NO.Na/c1-2-15-10(14)13-6-5-7-3-4-8(11)12-9(7)13;8-6-2-1-5-3-4-9-7(5)10-6;10-9-5-1-2-6-3-4-8-7(6)9;1-2-6-3-5-9-7(6)8-4-1;1-2-6-3(4)5;1-2;/h3-6H,2H2,1H3;1-4H,(H,9,10);1-5,10H;1-5H,(H,8,9);2H2,1H3;1-2H;/q;;;;;-1;+1. The van der Waals surface area contributed by atoms with Crippen molar-refractivity contribution in [3.05, 3.63) is 126 Å². The molecule has 2 aliphatic heterocycles. The zero-order valence-corrected chi connectivity index (χ0v) is 32.9. The van der Waals surface area contributed by atoms with Crippen LogP contribution in [0.5, 0.6) is 0 Å². The zero-order chi connectivity index (χ0) is 37.9. The molecule has 0 bridgehead atoms. The fourth-order valence-electron chi connectivity index (χ4n) is 4.19. The van der Waals surface area contributed by atoms with Gasteiger partial charge in [0.05, 0.1) is 13.2 Å². The van der Waals surface area contributed by atoms with Gasteiger partial charge in [-0.25, -0.2) is 34.1 Å². The number of aromatic nitrogens is 8. The number of aromatic amines is 2. The van der Waals surface area contributed by atoms with E-state index in [1.54, 1.807) is 69.0 Å². The first-order chi connectivity index (χ1) is 25.2. The van der Waals surface area contributed by atoms with Crippen LogP contribution in [-0.2, 0) is 9.47 Å². The summed E-state index contributed by atoms with van der Waals surface area (Å²) in [5, 5.41) is 19.3. The predicted octanol–water partition coefficient (Wildman–Crippen LogP) is 6.51. The van der Waals surface area contributed by atoms with Crippen molar-refractivity contribution in [3.8, 4) is 11.4 Å². The average molecular weight is 793 g/mol. The van der Waals surface area contributed by atoms with Gasteiger partial charge in [0, 0.05) is 70.5 Å². The minimum atomic E-state index is -0.738. The van der Waals surface area contributed by atoms with Crippen molar-refractivity contribution < 1.29 is 59.0 Å². The minimum Gasteiger partial charge on any atom is -0.553 e. The maximum absolute atomic E-state index is 11.5. The van der Waals surface area contributed by atoms with Crippen LogP contribution in [0.2, 0.25) is 10.3 Å². The van der Waals surface area contributed by atoms with E-state index < -0.39 is 11.5 Å². The summed E-state index contributed by atoms with van der Waals surface area (Å²) in [6, 6.07) is 22.4. The Morgan fingerprint density at radius 1 is 0.755 bits per heavy atom. The number of carbonyl (C=O) groups is 2. The van der Waals surface area contributed by atoms with Gasteiger partial charge in [-0.15, -0.1) is 0 Å². The van der Waals surface area contributed by atoms with Crippen molar-refractivity contribution in [2.75, 3.05) is 13.2 Å². The number of nitrogens with zero attached hydrogens (tertiary/aromatic N) is 6. The van der Waals surface area contributed by atoms with Crippen LogP contribution in [-0.4, -0.2) is 74.4 Å². The van der Waals surface area contributed by atoms with E-state index in [-0.39, 0.29) is 29.6 Å². The van der Waals surface area contributed by atoms with Crippen molar-refractivity contribution in [2.45, 2.75) is 13.8 Å². The summed E-state index contributed by atoms with van der Waals surface area (Å²) >= 11 is 16.1. The van der Waals surface area contributed by atoms with Gasteiger partial charge in [-0.05, 0) is 86.6 Å². The van der Waals surface area contributed by atoms with Crippen molar-refractivity contribution in [2.24, 2.45) is 0 Å². The molecule has 6 aromatic rings. The Hall–Kier alpha value is -4.71. The second-order valence-corrected chi connectivity index (χ2v) is 10.7. The first kappa shape index (κ1) is 44.5. The van der Waals surface area contributed by atoms with Gasteiger partial charge in [-0.3, -0.25) is 0 Å². The third-order valence-corrected chi connectivity index (χ3v) is 6.88. The molecule has 272 valence electrons. The van der Waals surface area contributed by atoms with Gasteiger partial charge in [-0.1, -0.05) is 23.2 Å². The van der Waals surface area contributed by atoms with Crippen molar-refractivity contribution in [1.82, 2.24) is 39.2 Å². The normalized spacial score (nSPS) is 9.64. The van der Waals surface area contributed by atoms with Gasteiger partial charge in [-0.2, -0.15) is 4.73 Å². The third kappa shape index (κ3) is 14.0. The smallest absolute Gasteiger partial charge is 0.553 e. The number of pyridine rings is 4. The number of carbonyl (C=O) groups excluding carboxylic acids is 2. The molecule has 19 heteroatoms. The zero-order valence-electron chi connectivity index (χ0n) is 28.7. The summed E-state index contributed by atoms with van der Waals surface area (Å²) in [6.07, 6.45) is 9.89. The van der Waals surface area contributed by atoms with Crippen molar-refractivity contribution in [1.29, 1.82) is 0 Å².